The van der Waals surface area contributed by atoms with Crippen LogP contribution in [0.1, 0.15) is 15.9 Å². The molecule has 98 valence electrons. The second-order valence-corrected chi connectivity index (χ2v) is 5.84. The van der Waals surface area contributed by atoms with Crippen molar-refractivity contribution in [2.75, 3.05) is 5.73 Å². The highest BCUT2D eigenvalue weighted by molar-refractivity contribution is 9.11. The average Bonchev–Trinajstić information content (AvgIpc) is 2.36. The zero-order valence-electron chi connectivity index (χ0n) is 9.38. The van der Waals surface area contributed by atoms with Crippen molar-refractivity contribution >= 4 is 54.9 Å². The molecule has 2 aromatic carbocycles. The van der Waals surface area contributed by atoms with Crippen LogP contribution in [0.2, 0.25) is 5.02 Å². The average molecular weight is 407 g/mol. The summed E-state index contributed by atoms with van der Waals surface area (Å²) in [6.07, 6.45) is 0. The number of nitrogens with two attached hydrogens (primary N) is 1. The summed E-state index contributed by atoms with van der Waals surface area (Å²) >= 11 is 12.2. The lowest BCUT2D eigenvalue weighted by Crippen LogP contribution is -2.06. The summed E-state index contributed by atoms with van der Waals surface area (Å²) in [5.41, 5.74) is 6.31. The third kappa shape index (κ3) is 2.83. The maximum atomic E-state index is 13.8. The molecule has 0 aliphatic carbocycles. The fourth-order valence-electron chi connectivity index (χ4n) is 1.57. The van der Waals surface area contributed by atoms with E-state index in [1.165, 1.54) is 6.07 Å². The Bertz CT molecular complexity index is 676. The van der Waals surface area contributed by atoms with E-state index in [1.54, 1.807) is 18.2 Å². The summed E-state index contributed by atoms with van der Waals surface area (Å²) < 4.78 is 14.7. The highest BCUT2D eigenvalue weighted by Gasteiger charge is 2.19. The Morgan fingerprint density at radius 3 is 2.58 bits per heavy atom. The zero-order chi connectivity index (χ0) is 14.2. The van der Waals surface area contributed by atoms with E-state index in [0.29, 0.717) is 14.6 Å². The number of ketones is 1. The highest BCUT2D eigenvalue weighted by atomic mass is 79.9. The van der Waals surface area contributed by atoms with Gasteiger partial charge in [-0.2, -0.15) is 0 Å². The molecule has 0 aliphatic rings. The minimum absolute atomic E-state index is 0.0977. The van der Waals surface area contributed by atoms with Crippen LogP contribution in [-0.4, -0.2) is 5.78 Å². The molecule has 6 heteroatoms. The molecule has 0 amide bonds. The van der Waals surface area contributed by atoms with E-state index < -0.39 is 11.6 Å². The van der Waals surface area contributed by atoms with Crippen LogP contribution >= 0.6 is 43.5 Å². The summed E-state index contributed by atoms with van der Waals surface area (Å²) in [5, 5.41) is 0.268. The fraction of sp³-hybridized carbons (Fsp3) is 0. The third-order valence-electron chi connectivity index (χ3n) is 2.53. The molecule has 0 saturated heterocycles. The molecular weight excluding hydrogens is 400 g/mol. The Balaban J connectivity index is 2.56. The smallest absolute Gasteiger partial charge is 0.197 e. The number of anilines is 1. The number of rotatable bonds is 2. The number of halogens is 4. The van der Waals surface area contributed by atoms with Crippen molar-refractivity contribution < 1.29 is 9.18 Å². The first-order valence-corrected chi connectivity index (χ1v) is 7.11. The van der Waals surface area contributed by atoms with E-state index in [2.05, 4.69) is 31.9 Å². The van der Waals surface area contributed by atoms with Gasteiger partial charge in [0.1, 0.15) is 5.82 Å². The van der Waals surface area contributed by atoms with Gasteiger partial charge in [-0.25, -0.2) is 4.39 Å². The largest absolute Gasteiger partial charge is 0.398 e. The summed E-state index contributed by atoms with van der Waals surface area (Å²) in [4.78, 5) is 12.3. The summed E-state index contributed by atoms with van der Waals surface area (Å²) in [6.45, 7) is 0. The van der Waals surface area contributed by atoms with Crippen molar-refractivity contribution in [1.82, 2.24) is 0 Å². The normalized spacial score (nSPS) is 10.5. The van der Waals surface area contributed by atoms with Gasteiger partial charge in [-0.15, -0.1) is 0 Å². The van der Waals surface area contributed by atoms with Gasteiger partial charge in [0.25, 0.3) is 0 Å². The third-order valence-corrected chi connectivity index (χ3v) is 4.61. The van der Waals surface area contributed by atoms with Gasteiger partial charge in [-0.3, -0.25) is 4.79 Å². The fourth-order valence-corrected chi connectivity index (χ4v) is 2.49. The van der Waals surface area contributed by atoms with Crippen molar-refractivity contribution in [2.24, 2.45) is 0 Å². The van der Waals surface area contributed by atoms with Crippen LogP contribution in [0.15, 0.2) is 39.3 Å². The first-order valence-electron chi connectivity index (χ1n) is 5.15. The number of hydrogen-bond acceptors (Lipinski definition) is 2. The van der Waals surface area contributed by atoms with Gasteiger partial charge in [-0.1, -0.05) is 17.7 Å². The molecule has 0 aliphatic heterocycles. The first kappa shape index (κ1) is 14.5. The number of carbonyl (C=O) groups is 1. The van der Waals surface area contributed by atoms with Crippen LogP contribution in [0.4, 0.5) is 10.1 Å². The molecule has 19 heavy (non-hydrogen) atoms. The molecule has 0 atom stereocenters. The van der Waals surface area contributed by atoms with Gasteiger partial charge in [0.15, 0.2) is 5.78 Å². The quantitative estimate of drug-likeness (QED) is 0.441. The van der Waals surface area contributed by atoms with Crippen molar-refractivity contribution in [2.45, 2.75) is 0 Å². The van der Waals surface area contributed by atoms with Crippen molar-refractivity contribution in [1.29, 1.82) is 0 Å². The van der Waals surface area contributed by atoms with Crippen LogP contribution < -0.4 is 5.73 Å². The minimum atomic E-state index is -0.643. The van der Waals surface area contributed by atoms with E-state index in [4.69, 9.17) is 17.3 Å². The Morgan fingerprint density at radius 1 is 1.21 bits per heavy atom. The number of benzene rings is 2. The standard InChI is InChI=1S/C13H7Br2ClFNO/c14-8-5-10(17)7(4-9(8)16)13(19)6-2-1-3-11(18)12(6)15/h1-5H,18H2. The summed E-state index contributed by atoms with van der Waals surface area (Å²) in [7, 11) is 0. The summed E-state index contributed by atoms with van der Waals surface area (Å²) in [5.74, 6) is -1.12. The van der Waals surface area contributed by atoms with Crippen LogP contribution in [0.3, 0.4) is 0 Å². The molecule has 0 spiro atoms. The maximum absolute atomic E-state index is 13.8. The topological polar surface area (TPSA) is 43.1 Å². The van der Waals surface area contributed by atoms with E-state index >= 15 is 0 Å². The van der Waals surface area contributed by atoms with Gasteiger partial charge in [0.05, 0.1) is 15.1 Å². The SMILES string of the molecule is Nc1cccc(C(=O)c2cc(Cl)c(Br)cc2F)c1Br. The predicted molar refractivity (Wildman–Crippen MR) is 81.1 cm³/mol. The van der Waals surface area contributed by atoms with Gasteiger partial charge in [0, 0.05) is 15.7 Å². The molecule has 0 unspecified atom stereocenters. The second kappa shape index (κ2) is 5.61. The molecule has 0 fully saturated rings. The lowest BCUT2D eigenvalue weighted by Gasteiger charge is -2.08. The number of nitrogen functional groups attached to an aromatic ring is 1. The number of hydrogen-bond donors (Lipinski definition) is 1. The van der Waals surface area contributed by atoms with Crippen LogP contribution in [0.5, 0.6) is 0 Å². The van der Waals surface area contributed by atoms with Gasteiger partial charge >= 0.3 is 0 Å². The molecule has 0 aromatic heterocycles. The Morgan fingerprint density at radius 2 is 1.89 bits per heavy atom. The monoisotopic (exact) mass is 405 g/mol. The molecular formula is C13H7Br2ClFNO. The van der Waals surface area contributed by atoms with Crippen LogP contribution in [0, 0.1) is 5.82 Å². The lowest BCUT2D eigenvalue weighted by molar-refractivity contribution is 0.103. The maximum Gasteiger partial charge on any atom is 0.197 e. The van der Waals surface area contributed by atoms with Crippen LogP contribution in [-0.2, 0) is 0 Å². The van der Waals surface area contributed by atoms with Gasteiger partial charge in [-0.05, 0) is 56.1 Å². The number of carbonyl (C=O) groups excluding carboxylic acids is 1. The summed E-state index contributed by atoms with van der Waals surface area (Å²) in [6, 6.07) is 7.30. The first-order chi connectivity index (χ1) is 8.91. The molecule has 0 saturated carbocycles. The van der Waals surface area contributed by atoms with Crippen molar-refractivity contribution in [3.63, 3.8) is 0 Å². The van der Waals surface area contributed by atoms with E-state index in [0.717, 1.165) is 6.07 Å². The van der Waals surface area contributed by atoms with E-state index in [9.17, 15) is 9.18 Å². The predicted octanol–water partition coefficient (Wildman–Crippen LogP) is 4.82. The van der Waals surface area contributed by atoms with Gasteiger partial charge in [0.2, 0.25) is 0 Å². The Hall–Kier alpha value is -0.910. The Labute approximate surface area is 131 Å². The zero-order valence-corrected chi connectivity index (χ0v) is 13.3. The van der Waals surface area contributed by atoms with Crippen molar-refractivity contribution in [3.8, 4) is 0 Å². The van der Waals surface area contributed by atoms with E-state index in [-0.39, 0.29) is 16.1 Å². The second-order valence-electron chi connectivity index (χ2n) is 3.78. The minimum Gasteiger partial charge on any atom is -0.398 e. The molecule has 2 nitrogen and oxygen atoms in total. The van der Waals surface area contributed by atoms with Gasteiger partial charge < -0.3 is 5.73 Å². The van der Waals surface area contributed by atoms with E-state index in [1.807, 2.05) is 0 Å². The molecule has 2 N–H and O–H groups in total. The molecule has 0 bridgehead atoms. The highest BCUT2D eigenvalue weighted by Crippen LogP contribution is 2.30. The van der Waals surface area contributed by atoms with Crippen molar-refractivity contribution in [3.05, 3.63) is 61.2 Å². The molecule has 0 radical (unpaired) electrons. The molecule has 2 rings (SSSR count). The molecule has 2 aromatic rings. The van der Waals surface area contributed by atoms with Crippen LogP contribution in [0.25, 0.3) is 0 Å². The molecule has 0 heterocycles. The lowest BCUT2D eigenvalue weighted by atomic mass is 10.0. The Kier molecular flexibility index (Phi) is 4.28.